The molecule has 0 aliphatic rings. The lowest BCUT2D eigenvalue weighted by molar-refractivity contribution is 0.0928. The van der Waals surface area contributed by atoms with E-state index in [1.807, 2.05) is 51.2 Å². The molecule has 6 heteroatoms. The second kappa shape index (κ2) is 6.81. The molecule has 0 bridgehead atoms. The maximum absolute atomic E-state index is 12.6. The Balaban J connectivity index is 2.37. The monoisotopic (exact) mass is 348 g/mol. The molecule has 0 saturated heterocycles. The van der Waals surface area contributed by atoms with Crippen LogP contribution in [0.3, 0.4) is 0 Å². The molecule has 2 atom stereocenters. The van der Waals surface area contributed by atoms with Gasteiger partial charge >= 0.3 is 0 Å². The SMILES string of the molecule is Cc1ccc(C(NC(=O)c2ccc(C)n2C)C(C)S(C)(=O)=O)cc1. The molecule has 0 spiro atoms. The average Bonchev–Trinajstić information content (AvgIpc) is 2.84. The Morgan fingerprint density at radius 3 is 2.12 bits per heavy atom. The number of aromatic nitrogens is 1. The van der Waals surface area contributed by atoms with E-state index in [1.165, 1.54) is 6.26 Å². The zero-order valence-electron chi connectivity index (χ0n) is 14.7. The summed E-state index contributed by atoms with van der Waals surface area (Å²) in [5.41, 5.74) is 3.32. The summed E-state index contributed by atoms with van der Waals surface area (Å²) >= 11 is 0. The Kier molecular flexibility index (Phi) is 5.18. The number of carbonyl (C=O) groups is 1. The first-order chi connectivity index (χ1) is 11.1. The van der Waals surface area contributed by atoms with Crippen LogP contribution >= 0.6 is 0 Å². The Morgan fingerprint density at radius 1 is 1.08 bits per heavy atom. The predicted octanol–water partition coefficient (Wildman–Crippen LogP) is 2.55. The highest BCUT2D eigenvalue weighted by atomic mass is 32.2. The van der Waals surface area contributed by atoms with Crippen LogP contribution in [-0.2, 0) is 16.9 Å². The fraction of sp³-hybridized carbons (Fsp3) is 0.389. The minimum Gasteiger partial charge on any atom is -0.344 e. The Morgan fingerprint density at radius 2 is 1.67 bits per heavy atom. The number of aryl methyl sites for hydroxylation is 2. The second-order valence-electron chi connectivity index (χ2n) is 6.32. The van der Waals surface area contributed by atoms with Gasteiger partial charge in [0, 0.05) is 19.0 Å². The summed E-state index contributed by atoms with van der Waals surface area (Å²) in [6.07, 6.45) is 1.19. The molecule has 0 radical (unpaired) electrons. The summed E-state index contributed by atoms with van der Waals surface area (Å²) < 4.78 is 25.9. The molecule has 2 rings (SSSR count). The van der Waals surface area contributed by atoms with Crippen molar-refractivity contribution in [2.45, 2.75) is 32.1 Å². The summed E-state index contributed by atoms with van der Waals surface area (Å²) in [4.78, 5) is 12.6. The van der Waals surface area contributed by atoms with Crippen molar-refractivity contribution in [3.8, 4) is 0 Å². The molecular formula is C18H24N2O3S. The van der Waals surface area contributed by atoms with Gasteiger partial charge in [-0.3, -0.25) is 4.79 Å². The van der Waals surface area contributed by atoms with Crippen LogP contribution < -0.4 is 5.32 Å². The van der Waals surface area contributed by atoms with Crippen LogP contribution in [-0.4, -0.2) is 30.4 Å². The minimum absolute atomic E-state index is 0.285. The third-order valence-electron chi connectivity index (χ3n) is 4.47. The van der Waals surface area contributed by atoms with E-state index in [2.05, 4.69) is 5.32 Å². The smallest absolute Gasteiger partial charge is 0.268 e. The van der Waals surface area contributed by atoms with Gasteiger partial charge in [0.2, 0.25) is 0 Å². The van der Waals surface area contributed by atoms with E-state index in [1.54, 1.807) is 17.6 Å². The molecule has 0 fully saturated rings. The molecule has 130 valence electrons. The number of hydrogen-bond acceptors (Lipinski definition) is 3. The third kappa shape index (κ3) is 3.87. The molecule has 0 saturated carbocycles. The maximum atomic E-state index is 12.6. The van der Waals surface area contributed by atoms with Crippen molar-refractivity contribution in [2.75, 3.05) is 6.26 Å². The lowest BCUT2D eigenvalue weighted by atomic mass is 10.0. The molecule has 1 amide bonds. The van der Waals surface area contributed by atoms with E-state index in [0.29, 0.717) is 5.69 Å². The average molecular weight is 348 g/mol. The Bertz CT molecular complexity index is 836. The third-order valence-corrected chi connectivity index (χ3v) is 6.10. The van der Waals surface area contributed by atoms with Crippen molar-refractivity contribution in [3.63, 3.8) is 0 Å². The zero-order valence-corrected chi connectivity index (χ0v) is 15.5. The number of amides is 1. The van der Waals surface area contributed by atoms with Gasteiger partial charge in [0.25, 0.3) is 5.91 Å². The van der Waals surface area contributed by atoms with Gasteiger partial charge in [-0.2, -0.15) is 0 Å². The topological polar surface area (TPSA) is 68.2 Å². The van der Waals surface area contributed by atoms with Gasteiger partial charge in [-0.05, 0) is 38.5 Å². The molecule has 2 aromatic rings. The fourth-order valence-corrected chi connectivity index (χ4v) is 3.27. The molecule has 1 heterocycles. The van der Waals surface area contributed by atoms with E-state index < -0.39 is 21.1 Å². The van der Waals surface area contributed by atoms with Crippen LogP contribution in [0.5, 0.6) is 0 Å². The summed E-state index contributed by atoms with van der Waals surface area (Å²) in [5.74, 6) is -0.285. The van der Waals surface area contributed by atoms with Crippen molar-refractivity contribution < 1.29 is 13.2 Å². The summed E-state index contributed by atoms with van der Waals surface area (Å²) in [6, 6.07) is 10.5. The molecule has 0 aliphatic carbocycles. The van der Waals surface area contributed by atoms with Gasteiger partial charge in [0.05, 0.1) is 11.3 Å². The van der Waals surface area contributed by atoms with Crippen LogP contribution in [0.25, 0.3) is 0 Å². The van der Waals surface area contributed by atoms with Gasteiger partial charge in [0.1, 0.15) is 5.69 Å². The normalized spacial score (nSPS) is 14.2. The first kappa shape index (κ1) is 18.3. The van der Waals surface area contributed by atoms with Gasteiger partial charge in [0.15, 0.2) is 9.84 Å². The van der Waals surface area contributed by atoms with Gasteiger partial charge in [-0.25, -0.2) is 8.42 Å². The number of nitrogens with zero attached hydrogens (tertiary/aromatic N) is 1. The lowest BCUT2D eigenvalue weighted by Gasteiger charge is -2.25. The Labute approximate surface area is 143 Å². The molecule has 1 aromatic carbocycles. The second-order valence-corrected chi connectivity index (χ2v) is 8.72. The predicted molar refractivity (Wildman–Crippen MR) is 95.8 cm³/mol. The molecule has 5 nitrogen and oxygen atoms in total. The quantitative estimate of drug-likeness (QED) is 0.903. The first-order valence-corrected chi connectivity index (χ1v) is 9.75. The maximum Gasteiger partial charge on any atom is 0.268 e. The van der Waals surface area contributed by atoms with Crippen LogP contribution in [0, 0.1) is 13.8 Å². The van der Waals surface area contributed by atoms with Crippen LogP contribution in [0.1, 0.15) is 40.3 Å². The molecule has 1 aromatic heterocycles. The number of benzene rings is 1. The molecule has 1 N–H and O–H groups in total. The first-order valence-electron chi connectivity index (χ1n) is 7.80. The highest BCUT2D eigenvalue weighted by Gasteiger charge is 2.29. The number of carbonyl (C=O) groups excluding carboxylic acids is 1. The van der Waals surface area contributed by atoms with Crippen LogP contribution in [0.4, 0.5) is 0 Å². The minimum atomic E-state index is -3.31. The summed E-state index contributed by atoms with van der Waals surface area (Å²) in [5, 5.41) is 2.16. The van der Waals surface area contributed by atoms with Crippen molar-refractivity contribution in [1.82, 2.24) is 9.88 Å². The lowest BCUT2D eigenvalue weighted by Crippen LogP contribution is -2.39. The molecular weight excluding hydrogens is 324 g/mol. The van der Waals surface area contributed by atoms with E-state index in [4.69, 9.17) is 0 Å². The molecule has 24 heavy (non-hydrogen) atoms. The van der Waals surface area contributed by atoms with E-state index >= 15 is 0 Å². The molecule has 0 aliphatic heterocycles. The largest absolute Gasteiger partial charge is 0.344 e. The van der Waals surface area contributed by atoms with E-state index in [0.717, 1.165) is 16.8 Å². The van der Waals surface area contributed by atoms with Crippen molar-refractivity contribution in [3.05, 3.63) is 58.9 Å². The summed E-state index contributed by atoms with van der Waals surface area (Å²) in [6.45, 7) is 5.49. The Hall–Kier alpha value is -2.08. The number of rotatable bonds is 5. The molecule has 2 unspecified atom stereocenters. The highest BCUT2D eigenvalue weighted by molar-refractivity contribution is 7.91. The zero-order chi connectivity index (χ0) is 18.1. The summed E-state index contributed by atoms with van der Waals surface area (Å²) in [7, 11) is -1.50. The van der Waals surface area contributed by atoms with E-state index in [9.17, 15) is 13.2 Å². The van der Waals surface area contributed by atoms with Gasteiger partial charge in [-0.1, -0.05) is 29.8 Å². The number of nitrogens with one attached hydrogen (secondary N) is 1. The highest BCUT2D eigenvalue weighted by Crippen LogP contribution is 2.23. The van der Waals surface area contributed by atoms with E-state index in [-0.39, 0.29) is 5.91 Å². The van der Waals surface area contributed by atoms with Gasteiger partial charge in [-0.15, -0.1) is 0 Å². The standard InChI is InChI=1S/C18H24N2O3S/c1-12-6-9-15(10-7-12)17(14(3)24(5,22)23)19-18(21)16-11-8-13(2)20(16)4/h6-11,14,17H,1-5H3,(H,19,21). The van der Waals surface area contributed by atoms with Crippen LogP contribution in [0.2, 0.25) is 0 Å². The fourth-order valence-electron chi connectivity index (χ4n) is 2.55. The van der Waals surface area contributed by atoms with Crippen molar-refractivity contribution in [1.29, 1.82) is 0 Å². The van der Waals surface area contributed by atoms with Crippen molar-refractivity contribution >= 4 is 15.7 Å². The van der Waals surface area contributed by atoms with Gasteiger partial charge < -0.3 is 9.88 Å². The van der Waals surface area contributed by atoms with Crippen LogP contribution in [0.15, 0.2) is 36.4 Å². The van der Waals surface area contributed by atoms with Crippen molar-refractivity contribution in [2.24, 2.45) is 7.05 Å². The number of hydrogen-bond donors (Lipinski definition) is 1. The number of sulfone groups is 1.